The van der Waals surface area contributed by atoms with E-state index in [1.807, 2.05) is 50.3 Å². The van der Waals surface area contributed by atoms with Crippen molar-refractivity contribution in [3.8, 4) is 5.75 Å². The van der Waals surface area contributed by atoms with E-state index in [-0.39, 0.29) is 5.91 Å². The van der Waals surface area contributed by atoms with Crippen LogP contribution in [0.15, 0.2) is 61.2 Å². The Hall–Kier alpha value is -2.29. The first-order valence-corrected chi connectivity index (χ1v) is 8.31. The van der Waals surface area contributed by atoms with Gasteiger partial charge in [-0.3, -0.25) is 4.79 Å². The average Bonchev–Trinajstić information content (AvgIpc) is 2.58. The highest BCUT2D eigenvalue weighted by Gasteiger charge is 2.26. The molecule has 0 N–H and O–H groups in total. The molecule has 3 nitrogen and oxygen atoms in total. The second-order valence-electron chi connectivity index (χ2n) is 6.34. The zero-order valence-electron chi connectivity index (χ0n) is 15.5. The molecule has 0 spiro atoms. The van der Waals surface area contributed by atoms with Gasteiger partial charge in [0.25, 0.3) is 5.91 Å². The summed E-state index contributed by atoms with van der Waals surface area (Å²) < 4.78 is 6.06. The lowest BCUT2D eigenvalue weighted by Gasteiger charge is -2.31. The average molecular weight is 327 g/mol. The largest absolute Gasteiger partial charge is 0.483 e. The molecule has 1 atom stereocenters. The van der Waals surface area contributed by atoms with E-state index in [2.05, 4.69) is 27.0 Å². The molecule has 24 heavy (non-hydrogen) atoms. The monoisotopic (exact) mass is 327 g/mol. The van der Waals surface area contributed by atoms with Crippen LogP contribution in [0.2, 0.25) is 0 Å². The molecule has 130 valence electrons. The maximum atomic E-state index is 12.3. The Morgan fingerprint density at radius 1 is 1.33 bits per heavy atom. The summed E-state index contributed by atoms with van der Waals surface area (Å²) in [7, 11) is 1.74. The van der Waals surface area contributed by atoms with Crippen LogP contribution in [0, 0.1) is 5.92 Å². The van der Waals surface area contributed by atoms with Gasteiger partial charge in [-0.05, 0) is 49.6 Å². The van der Waals surface area contributed by atoms with Crippen LogP contribution in [0.5, 0.6) is 5.75 Å². The minimum absolute atomic E-state index is 0.119. The summed E-state index contributed by atoms with van der Waals surface area (Å²) in [6.45, 7) is 15.9. The van der Waals surface area contributed by atoms with Gasteiger partial charge in [0.2, 0.25) is 0 Å². The molecule has 1 rings (SSSR count). The van der Waals surface area contributed by atoms with Gasteiger partial charge in [-0.25, -0.2) is 0 Å². The summed E-state index contributed by atoms with van der Waals surface area (Å²) in [4.78, 5) is 13.9. The van der Waals surface area contributed by atoms with Crippen molar-refractivity contribution in [3.05, 3.63) is 61.2 Å². The van der Waals surface area contributed by atoms with Crippen molar-refractivity contribution in [1.82, 2.24) is 0 Å². The maximum absolute atomic E-state index is 12.3. The quantitative estimate of drug-likeness (QED) is 0.375. The standard InChI is InChI=1S/C21H29NO2/c1-8-10-11-17(5)20(23)22(7)18-12-14-19(15-13-18)24-21(6,9-2)16(3)4/h9-16H,2,5,8H2,1,3-4,6-7H3/b11-10-. The third-order valence-corrected chi connectivity index (χ3v) is 4.25. The molecule has 0 fully saturated rings. The Kier molecular flexibility index (Phi) is 7.02. The van der Waals surface area contributed by atoms with Gasteiger partial charge in [0.1, 0.15) is 11.4 Å². The van der Waals surface area contributed by atoms with E-state index >= 15 is 0 Å². The van der Waals surface area contributed by atoms with Gasteiger partial charge in [0.15, 0.2) is 0 Å². The fourth-order valence-corrected chi connectivity index (χ4v) is 2.05. The normalized spacial score (nSPS) is 13.6. The van der Waals surface area contributed by atoms with Gasteiger partial charge >= 0.3 is 0 Å². The Labute approximate surface area is 146 Å². The van der Waals surface area contributed by atoms with Gasteiger partial charge in [-0.1, -0.05) is 46.1 Å². The van der Waals surface area contributed by atoms with Crippen LogP contribution in [0.4, 0.5) is 5.69 Å². The van der Waals surface area contributed by atoms with E-state index in [0.717, 1.165) is 17.9 Å². The predicted molar refractivity (Wildman–Crippen MR) is 102 cm³/mol. The molecule has 1 unspecified atom stereocenters. The van der Waals surface area contributed by atoms with Crippen molar-refractivity contribution >= 4 is 11.6 Å². The first-order valence-electron chi connectivity index (χ1n) is 8.31. The van der Waals surface area contributed by atoms with Gasteiger partial charge in [-0.2, -0.15) is 0 Å². The summed E-state index contributed by atoms with van der Waals surface area (Å²) in [5.74, 6) is 0.930. The van der Waals surface area contributed by atoms with Crippen molar-refractivity contribution in [2.24, 2.45) is 5.92 Å². The van der Waals surface area contributed by atoms with E-state index in [1.54, 1.807) is 18.0 Å². The number of allylic oxidation sites excluding steroid dienone is 1. The third kappa shape index (κ3) is 4.85. The van der Waals surface area contributed by atoms with Crippen molar-refractivity contribution in [2.45, 2.75) is 39.7 Å². The lowest BCUT2D eigenvalue weighted by Crippen LogP contribution is -2.35. The van der Waals surface area contributed by atoms with E-state index in [0.29, 0.717) is 11.5 Å². The molecule has 0 saturated heterocycles. The molecule has 0 heterocycles. The first kappa shape index (κ1) is 19.8. The lowest BCUT2D eigenvalue weighted by atomic mass is 9.92. The summed E-state index contributed by atoms with van der Waals surface area (Å²) in [6.07, 6.45) is 6.38. The molecule has 1 aromatic carbocycles. The van der Waals surface area contributed by atoms with Crippen LogP contribution in [-0.4, -0.2) is 18.6 Å². The third-order valence-electron chi connectivity index (χ3n) is 4.25. The highest BCUT2D eigenvalue weighted by molar-refractivity contribution is 6.06. The van der Waals surface area contributed by atoms with Gasteiger partial charge in [-0.15, -0.1) is 0 Å². The molecule has 0 aliphatic heterocycles. The molecule has 0 aromatic heterocycles. The number of carbonyl (C=O) groups excluding carboxylic acids is 1. The Morgan fingerprint density at radius 3 is 2.38 bits per heavy atom. The van der Waals surface area contributed by atoms with Crippen LogP contribution in [0.3, 0.4) is 0 Å². The predicted octanol–water partition coefficient (Wildman–Crippen LogP) is 5.15. The van der Waals surface area contributed by atoms with Gasteiger partial charge in [0.05, 0.1) is 0 Å². The number of ether oxygens (including phenoxy) is 1. The minimum atomic E-state index is -0.428. The fourth-order valence-electron chi connectivity index (χ4n) is 2.05. The summed E-state index contributed by atoms with van der Waals surface area (Å²) >= 11 is 0. The highest BCUT2D eigenvalue weighted by atomic mass is 16.5. The van der Waals surface area contributed by atoms with E-state index in [1.165, 1.54) is 0 Å². The van der Waals surface area contributed by atoms with Crippen LogP contribution in [0.1, 0.15) is 34.1 Å². The first-order chi connectivity index (χ1) is 11.2. The Balaban J connectivity index is 2.87. The molecule has 3 heteroatoms. The van der Waals surface area contributed by atoms with Crippen LogP contribution in [0.25, 0.3) is 0 Å². The number of rotatable bonds is 8. The van der Waals surface area contributed by atoms with Crippen LogP contribution >= 0.6 is 0 Å². The molecule has 0 aliphatic rings. The number of carbonyl (C=O) groups is 1. The second-order valence-corrected chi connectivity index (χ2v) is 6.34. The number of anilines is 1. The van der Waals surface area contributed by atoms with Gasteiger partial charge in [0, 0.05) is 18.3 Å². The van der Waals surface area contributed by atoms with Crippen molar-refractivity contribution in [2.75, 3.05) is 11.9 Å². The summed E-state index contributed by atoms with van der Waals surface area (Å²) in [6, 6.07) is 7.48. The molecular formula is C21H29NO2. The number of hydrogen-bond acceptors (Lipinski definition) is 2. The number of benzene rings is 1. The second kappa shape index (κ2) is 8.53. The molecule has 0 radical (unpaired) electrons. The van der Waals surface area contributed by atoms with Gasteiger partial charge < -0.3 is 9.64 Å². The van der Waals surface area contributed by atoms with Crippen molar-refractivity contribution < 1.29 is 9.53 Å². The lowest BCUT2D eigenvalue weighted by molar-refractivity contribution is -0.114. The molecule has 1 aromatic rings. The molecule has 0 saturated carbocycles. The molecular weight excluding hydrogens is 298 g/mol. The zero-order chi connectivity index (χ0) is 18.3. The van der Waals surface area contributed by atoms with E-state index in [9.17, 15) is 4.79 Å². The van der Waals surface area contributed by atoms with Crippen LogP contribution < -0.4 is 9.64 Å². The van der Waals surface area contributed by atoms with Crippen LogP contribution in [-0.2, 0) is 4.79 Å². The molecule has 1 amide bonds. The number of likely N-dealkylation sites (N-methyl/N-ethyl adjacent to an activating group) is 1. The smallest absolute Gasteiger partial charge is 0.257 e. The highest BCUT2D eigenvalue weighted by Crippen LogP contribution is 2.28. The van der Waals surface area contributed by atoms with E-state index in [4.69, 9.17) is 4.74 Å². The Morgan fingerprint density at radius 2 is 1.92 bits per heavy atom. The minimum Gasteiger partial charge on any atom is -0.483 e. The SMILES string of the molecule is C=CC(C)(Oc1ccc(N(C)C(=O)C(=C)/C=C\CC)cc1)C(C)C. The van der Waals surface area contributed by atoms with E-state index < -0.39 is 5.60 Å². The topological polar surface area (TPSA) is 29.5 Å². The maximum Gasteiger partial charge on any atom is 0.257 e. The number of hydrogen-bond donors (Lipinski definition) is 0. The Bertz CT molecular complexity index is 613. The summed E-state index contributed by atoms with van der Waals surface area (Å²) in [5, 5.41) is 0. The fraction of sp³-hybridized carbons (Fsp3) is 0.381. The molecule has 0 bridgehead atoms. The van der Waals surface area contributed by atoms with Crippen molar-refractivity contribution in [3.63, 3.8) is 0 Å². The number of amides is 1. The summed E-state index contributed by atoms with van der Waals surface area (Å²) in [5.41, 5.74) is 0.838. The van der Waals surface area contributed by atoms with Crippen molar-refractivity contribution in [1.29, 1.82) is 0 Å². The number of nitrogens with zero attached hydrogens (tertiary/aromatic N) is 1. The zero-order valence-corrected chi connectivity index (χ0v) is 15.5. The molecule has 0 aliphatic carbocycles.